The van der Waals surface area contributed by atoms with Crippen LogP contribution in [0.25, 0.3) is 20.8 Å². The molecule has 5 aromatic rings. The Morgan fingerprint density at radius 1 is 1.09 bits per heavy atom. The van der Waals surface area contributed by atoms with Crippen LogP contribution in [0.15, 0.2) is 59.3 Å². The molecule has 1 aliphatic rings. The number of fused-ring (bicyclic) bond motifs is 2. The minimum atomic E-state index is -0.234. The van der Waals surface area contributed by atoms with Crippen LogP contribution in [-0.2, 0) is 12.8 Å². The average molecular weight is 489 g/mol. The summed E-state index contributed by atoms with van der Waals surface area (Å²) in [4.78, 5) is 24.9. The molecule has 8 heteroatoms. The Kier molecular flexibility index (Phi) is 5.21. The maximum absolute atomic E-state index is 13.0. The first-order valence-corrected chi connectivity index (χ1v) is 13.3. The number of pyridine rings is 1. The van der Waals surface area contributed by atoms with Crippen molar-refractivity contribution in [2.75, 3.05) is 11.1 Å². The zero-order valence-corrected chi connectivity index (χ0v) is 20.0. The maximum Gasteiger partial charge on any atom is 0.269 e. The van der Waals surface area contributed by atoms with E-state index in [1.54, 1.807) is 11.3 Å². The lowest BCUT2D eigenvalue weighted by Gasteiger charge is -2.24. The largest absolute Gasteiger partial charge is 0.397 e. The molecule has 4 aromatic heterocycles. The molecule has 0 aliphatic heterocycles. The van der Waals surface area contributed by atoms with E-state index in [0.29, 0.717) is 21.6 Å². The van der Waals surface area contributed by atoms with Crippen molar-refractivity contribution in [1.82, 2.24) is 9.97 Å². The number of nitrogen functional groups attached to an aromatic ring is 1. The highest BCUT2D eigenvalue weighted by atomic mass is 32.1. The second-order valence-electron chi connectivity index (χ2n) is 8.11. The fraction of sp³-hybridized carbons (Fsp3) is 0.160. The number of benzene rings is 1. The fourth-order valence-corrected chi connectivity index (χ4v) is 6.85. The van der Waals surface area contributed by atoms with E-state index in [0.717, 1.165) is 45.7 Å². The number of hydrogen-bond acceptors (Lipinski definition) is 7. The molecule has 1 aromatic carbocycles. The molecule has 0 saturated carbocycles. The van der Waals surface area contributed by atoms with E-state index < -0.39 is 0 Å². The summed E-state index contributed by atoms with van der Waals surface area (Å²) in [6.07, 6.45) is 2.97. The second kappa shape index (κ2) is 8.37. The molecule has 1 aliphatic carbocycles. The van der Waals surface area contributed by atoms with Gasteiger partial charge in [0.25, 0.3) is 5.91 Å². The quantitative estimate of drug-likeness (QED) is 0.299. The van der Waals surface area contributed by atoms with Gasteiger partial charge < -0.3 is 5.73 Å². The lowest BCUT2D eigenvalue weighted by molar-refractivity contribution is 0.103. The number of aryl methyl sites for hydroxylation is 1. The predicted octanol–water partition coefficient (Wildman–Crippen LogP) is 6.59. The lowest BCUT2D eigenvalue weighted by atomic mass is 9.82. The number of thiophene rings is 2. The van der Waals surface area contributed by atoms with Crippen LogP contribution >= 0.6 is 34.0 Å². The van der Waals surface area contributed by atoms with Crippen molar-refractivity contribution in [1.29, 1.82) is 0 Å². The van der Waals surface area contributed by atoms with E-state index in [4.69, 9.17) is 10.7 Å². The van der Waals surface area contributed by atoms with Crippen LogP contribution in [0.2, 0.25) is 0 Å². The summed E-state index contributed by atoms with van der Waals surface area (Å²) in [5, 5.41) is 8.32. The number of rotatable bonds is 4. The van der Waals surface area contributed by atoms with Crippen LogP contribution in [0.4, 0.5) is 10.8 Å². The number of anilines is 2. The number of carbonyl (C=O) groups is 1. The molecule has 0 radical (unpaired) electrons. The summed E-state index contributed by atoms with van der Waals surface area (Å²) in [5.74, 6) is 0.255. The third-order valence-corrected chi connectivity index (χ3v) is 8.83. The maximum atomic E-state index is 13.0. The first-order chi connectivity index (χ1) is 16.2. The lowest BCUT2D eigenvalue weighted by Crippen LogP contribution is -2.14. The summed E-state index contributed by atoms with van der Waals surface area (Å²) in [6.45, 7) is 0. The van der Waals surface area contributed by atoms with E-state index in [1.165, 1.54) is 33.8 Å². The van der Waals surface area contributed by atoms with Gasteiger partial charge in [-0.2, -0.15) is 0 Å². The molecule has 0 saturated heterocycles. The van der Waals surface area contributed by atoms with Crippen LogP contribution in [0, 0.1) is 0 Å². The number of aromatic nitrogens is 2. The SMILES string of the molecule is Nc1c(C(=O)Nc2nc(-c3cccs3)cs2)sc2nc3c(cc12)CC(c1ccccc1)CC3. The van der Waals surface area contributed by atoms with Gasteiger partial charge in [-0.25, -0.2) is 9.97 Å². The molecule has 1 unspecified atom stereocenters. The Morgan fingerprint density at radius 2 is 1.97 bits per heavy atom. The number of nitrogens with one attached hydrogen (secondary N) is 1. The van der Waals surface area contributed by atoms with Gasteiger partial charge >= 0.3 is 0 Å². The average Bonchev–Trinajstić information content (AvgIpc) is 3.59. The number of thiazole rings is 1. The molecule has 33 heavy (non-hydrogen) atoms. The van der Waals surface area contributed by atoms with Crippen LogP contribution in [0.5, 0.6) is 0 Å². The molecule has 3 N–H and O–H groups in total. The number of amides is 1. The monoisotopic (exact) mass is 488 g/mol. The topological polar surface area (TPSA) is 80.9 Å². The number of carbonyl (C=O) groups excluding carboxylic acids is 1. The van der Waals surface area contributed by atoms with E-state index in [9.17, 15) is 4.79 Å². The first-order valence-electron chi connectivity index (χ1n) is 10.7. The van der Waals surface area contributed by atoms with Crippen LogP contribution < -0.4 is 11.1 Å². The highest BCUT2D eigenvalue weighted by Gasteiger charge is 2.25. The van der Waals surface area contributed by atoms with Crippen molar-refractivity contribution in [3.8, 4) is 10.6 Å². The zero-order chi connectivity index (χ0) is 22.4. The summed E-state index contributed by atoms with van der Waals surface area (Å²) < 4.78 is 0. The summed E-state index contributed by atoms with van der Waals surface area (Å²) in [5.41, 5.74) is 11.6. The summed E-state index contributed by atoms with van der Waals surface area (Å²) in [7, 11) is 0. The van der Waals surface area contributed by atoms with Gasteiger partial charge in [0.2, 0.25) is 0 Å². The van der Waals surface area contributed by atoms with Crippen molar-refractivity contribution in [3.63, 3.8) is 0 Å². The van der Waals surface area contributed by atoms with Crippen molar-refractivity contribution >= 4 is 61.0 Å². The fourth-order valence-electron chi connectivity index (χ4n) is 4.39. The van der Waals surface area contributed by atoms with Gasteiger partial charge in [-0.1, -0.05) is 36.4 Å². The predicted molar refractivity (Wildman–Crippen MR) is 139 cm³/mol. The Morgan fingerprint density at radius 3 is 2.79 bits per heavy atom. The highest BCUT2D eigenvalue weighted by molar-refractivity contribution is 7.21. The second-order valence-corrected chi connectivity index (χ2v) is 10.9. The molecule has 0 fully saturated rings. The molecule has 0 bridgehead atoms. The minimum Gasteiger partial charge on any atom is -0.397 e. The third-order valence-electron chi connectivity index (χ3n) is 6.06. The Balaban J connectivity index is 1.27. The molecule has 1 atom stereocenters. The van der Waals surface area contributed by atoms with Crippen molar-refractivity contribution in [3.05, 3.63) is 81.0 Å². The van der Waals surface area contributed by atoms with Crippen molar-refractivity contribution in [2.24, 2.45) is 0 Å². The molecule has 4 heterocycles. The molecule has 0 spiro atoms. The van der Waals surface area contributed by atoms with E-state index >= 15 is 0 Å². The van der Waals surface area contributed by atoms with Gasteiger partial charge in [0.15, 0.2) is 5.13 Å². The van der Waals surface area contributed by atoms with E-state index in [-0.39, 0.29) is 5.91 Å². The molecular formula is C25H20N4OS3. The van der Waals surface area contributed by atoms with Gasteiger partial charge in [-0.15, -0.1) is 34.0 Å². The molecule has 1 amide bonds. The third kappa shape index (κ3) is 3.84. The van der Waals surface area contributed by atoms with Gasteiger partial charge in [0.1, 0.15) is 9.71 Å². The minimum absolute atomic E-state index is 0.234. The molecule has 6 rings (SSSR count). The Labute approximate surface area is 203 Å². The van der Waals surface area contributed by atoms with Gasteiger partial charge in [-0.05, 0) is 53.8 Å². The normalized spacial score (nSPS) is 15.5. The standard InChI is InChI=1S/C25H20N4OS3/c26-21-17-12-16-11-15(14-5-2-1-3-6-14)8-9-18(16)27-24(17)33-22(21)23(30)29-25-28-19(13-32-25)20-7-4-10-31-20/h1-7,10,12-13,15H,8-9,11,26H2,(H,28,29,30). The van der Waals surface area contributed by atoms with Gasteiger partial charge in [0, 0.05) is 16.5 Å². The van der Waals surface area contributed by atoms with Gasteiger partial charge in [-0.3, -0.25) is 10.1 Å². The molecular weight excluding hydrogens is 469 g/mol. The van der Waals surface area contributed by atoms with Crippen LogP contribution in [0.3, 0.4) is 0 Å². The van der Waals surface area contributed by atoms with Crippen LogP contribution in [-0.4, -0.2) is 15.9 Å². The van der Waals surface area contributed by atoms with Crippen molar-refractivity contribution < 1.29 is 4.79 Å². The number of nitrogens with two attached hydrogens (primary N) is 1. The van der Waals surface area contributed by atoms with Crippen molar-refractivity contribution in [2.45, 2.75) is 25.2 Å². The smallest absolute Gasteiger partial charge is 0.269 e. The molecule has 5 nitrogen and oxygen atoms in total. The highest BCUT2D eigenvalue weighted by Crippen LogP contribution is 2.39. The Hall–Kier alpha value is -3.07. The van der Waals surface area contributed by atoms with Gasteiger partial charge in [0.05, 0.1) is 16.3 Å². The zero-order valence-electron chi connectivity index (χ0n) is 17.6. The Bertz CT molecular complexity index is 1450. The summed E-state index contributed by atoms with van der Waals surface area (Å²) >= 11 is 4.40. The van der Waals surface area contributed by atoms with Crippen LogP contribution in [0.1, 0.15) is 38.8 Å². The number of hydrogen-bond donors (Lipinski definition) is 2. The summed E-state index contributed by atoms with van der Waals surface area (Å²) in [6, 6.07) is 16.8. The van der Waals surface area contributed by atoms with E-state index in [1.807, 2.05) is 22.9 Å². The molecule has 164 valence electrons. The van der Waals surface area contributed by atoms with E-state index in [2.05, 4.69) is 46.7 Å². The number of nitrogens with zero attached hydrogens (tertiary/aromatic N) is 2. The first kappa shape index (κ1) is 20.5.